The minimum absolute atomic E-state index is 0.123. The third-order valence-electron chi connectivity index (χ3n) is 2.79. The number of nitro benzene ring substituents is 1. The number of amides is 1. The molecular weight excluding hydrogens is 264 g/mol. The normalized spacial score (nSPS) is 11.7. The van der Waals surface area contributed by atoms with E-state index in [-0.39, 0.29) is 11.3 Å². The minimum atomic E-state index is -1.09. The first-order chi connectivity index (χ1) is 9.45. The number of rotatable bonds is 7. The van der Waals surface area contributed by atoms with Crippen LogP contribution in [0.25, 0.3) is 0 Å². The zero-order valence-corrected chi connectivity index (χ0v) is 11.0. The Morgan fingerprint density at radius 3 is 2.40 bits per heavy atom. The summed E-state index contributed by atoms with van der Waals surface area (Å²) in [4.78, 5) is 32.8. The average Bonchev–Trinajstić information content (AvgIpc) is 2.42. The Labute approximate surface area is 115 Å². The quantitative estimate of drug-likeness (QED) is 0.586. The number of unbranched alkanes of at least 4 members (excludes halogenated alkanes) is 1. The van der Waals surface area contributed by atoms with Gasteiger partial charge in [0, 0.05) is 17.7 Å². The van der Waals surface area contributed by atoms with E-state index in [1.165, 1.54) is 24.3 Å². The number of carbonyl (C=O) groups is 2. The van der Waals surface area contributed by atoms with Crippen LogP contribution in [-0.2, 0) is 4.79 Å². The lowest BCUT2D eigenvalue weighted by Gasteiger charge is -2.13. The van der Waals surface area contributed by atoms with E-state index in [1.54, 1.807) is 0 Å². The van der Waals surface area contributed by atoms with Crippen molar-refractivity contribution in [3.63, 3.8) is 0 Å². The number of carboxylic acid groups (broad SMARTS) is 1. The summed E-state index contributed by atoms with van der Waals surface area (Å²) in [6.07, 6.45) is 1.87. The molecule has 0 heterocycles. The molecule has 0 saturated heterocycles. The van der Waals surface area contributed by atoms with E-state index in [1.807, 2.05) is 6.92 Å². The number of nitro groups is 1. The highest BCUT2D eigenvalue weighted by Gasteiger charge is 2.20. The Morgan fingerprint density at radius 2 is 1.95 bits per heavy atom. The van der Waals surface area contributed by atoms with Crippen LogP contribution in [0.3, 0.4) is 0 Å². The van der Waals surface area contributed by atoms with E-state index >= 15 is 0 Å². The molecule has 0 saturated carbocycles. The zero-order valence-electron chi connectivity index (χ0n) is 11.0. The fourth-order valence-electron chi connectivity index (χ4n) is 1.64. The molecule has 0 radical (unpaired) electrons. The summed E-state index contributed by atoms with van der Waals surface area (Å²) < 4.78 is 0. The molecule has 1 aromatic carbocycles. The van der Waals surface area contributed by atoms with Crippen molar-refractivity contribution < 1.29 is 19.6 Å². The average molecular weight is 280 g/mol. The molecule has 0 aromatic heterocycles. The summed E-state index contributed by atoms with van der Waals surface area (Å²) in [6.45, 7) is 1.93. The van der Waals surface area contributed by atoms with Gasteiger partial charge in [0.2, 0.25) is 0 Å². The highest BCUT2D eigenvalue weighted by atomic mass is 16.6. The maximum absolute atomic E-state index is 11.9. The van der Waals surface area contributed by atoms with Crippen molar-refractivity contribution >= 4 is 17.6 Å². The maximum Gasteiger partial charge on any atom is 0.326 e. The molecule has 0 fully saturated rings. The second kappa shape index (κ2) is 7.22. The predicted molar refractivity (Wildman–Crippen MR) is 71.5 cm³/mol. The smallest absolute Gasteiger partial charge is 0.326 e. The molecule has 20 heavy (non-hydrogen) atoms. The molecule has 0 spiro atoms. The van der Waals surface area contributed by atoms with Crippen LogP contribution in [0.15, 0.2) is 24.3 Å². The number of hydrogen-bond acceptors (Lipinski definition) is 4. The molecule has 1 amide bonds. The van der Waals surface area contributed by atoms with Gasteiger partial charge in [0.1, 0.15) is 6.04 Å². The van der Waals surface area contributed by atoms with Crippen LogP contribution in [0.1, 0.15) is 36.5 Å². The van der Waals surface area contributed by atoms with E-state index in [9.17, 15) is 19.7 Å². The van der Waals surface area contributed by atoms with Gasteiger partial charge in [-0.3, -0.25) is 14.9 Å². The van der Waals surface area contributed by atoms with E-state index in [2.05, 4.69) is 5.32 Å². The van der Waals surface area contributed by atoms with Gasteiger partial charge < -0.3 is 10.4 Å². The van der Waals surface area contributed by atoms with Crippen molar-refractivity contribution in [1.82, 2.24) is 5.32 Å². The SMILES string of the molecule is CCCCC(NC(=O)c1ccc([N+](=O)[O-])cc1)C(=O)O. The lowest BCUT2D eigenvalue weighted by molar-refractivity contribution is -0.384. The third-order valence-corrected chi connectivity index (χ3v) is 2.79. The third kappa shape index (κ3) is 4.34. The number of carbonyl (C=O) groups excluding carboxylic acids is 1. The molecular formula is C13H16N2O5. The van der Waals surface area contributed by atoms with Gasteiger partial charge in [-0.05, 0) is 18.6 Å². The first kappa shape index (κ1) is 15.6. The van der Waals surface area contributed by atoms with Gasteiger partial charge in [0.05, 0.1) is 4.92 Å². The van der Waals surface area contributed by atoms with Gasteiger partial charge in [-0.2, -0.15) is 0 Å². The molecule has 1 unspecified atom stereocenters. The van der Waals surface area contributed by atoms with Gasteiger partial charge in [-0.1, -0.05) is 19.8 Å². The Balaban J connectivity index is 2.73. The molecule has 0 bridgehead atoms. The summed E-state index contributed by atoms with van der Waals surface area (Å²) in [5, 5.41) is 21.9. The van der Waals surface area contributed by atoms with Crippen molar-refractivity contribution in [2.75, 3.05) is 0 Å². The largest absolute Gasteiger partial charge is 0.480 e. The second-order valence-electron chi connectivity index (χ2n) is 4.31. The highest BCUT2D eigenvalue weighted by Crippen LogP contribution is 2.12. The van der Waals surface area contributed by atoms with Gasteiger partial charge >= 0.3 is 5.97 Å². The van der Waals surface area contributed by atoms with E-state index in [0.717, 1.165) is 6.42 Å². The second-order valence-corrected chi connectivity index (χ2v) is 4.31. The van der Waals surface area contributed by atoms with Crippen molar-refractivity contribution in [2.24, 2.45) is 0 Å². The Bertz CT molecular complexity index is 498. The van der Waals surface area contributed by atoms with E-state index in [4.69, 9.17) is 5.11 Å². The lowest BCUT2D eigenvalue weighted by atomic mass is 10.1. The molecule has 108 valence electrons. The number of nitrogens with one attached hydrogen (secondary N) is 1. The molecule has 1 aromatic rings. The molecule has 0 aliphatic rings. The topological polar surface area (TPSA) is 110 Å². The van der Waals surface area contributed by atoms with Crippen LogP contribution in [0.5, 0.6) is 0 Å². The molecule has 1 rings (SSSR count). The Morgan fingerprint density at radius 1 is 1.35 bits per heavy atom. The fraction of sp³-hybridized carbons (Fsp3) is 0.385. The number of benzene rings is 1. The van der Waals surface area contributed by atoms with Crippen molar-refractivity contribution in [3.05, 3.63) is 39.9 Å². The van der Waals surface area contributed by atoms with Crippen LogP contribution in [0.4, 0.5) is 5.69 Å². The summed E-state index contributed by atoms with van der Waals surface area (Å²) in [5.41, 5.74) is 0.0701. The molecule has 2 N–H and O–H groups in total. The van der Waals surface area contributed by atoms with E-state index < -0.39 is 22.8 Å². The lowest BCUT2D eigenvalue weighted by Crippen LogP contribution is -2.40. The number of nitrogens with zero attached hydrogens (tertiary/aromatic N) is 1. The number of hydrogen-bond donors (Lipinski definition) is 2. The number of non-ortho nitro benzene ring substituents is 1. The highest BCUT2D eigenvalue weighted by molar-refractivity contribution is 5.96. The van der Waals surface area contributed by atoms with Crippen molar-refractivity contribution in [2.45, 2.75) is 32.2 Å². The standard InChI is InChI=1S/C13H16N2O5/c1-2-3-4-11(13(17)18)14-12(16)9-5-7-10(8-6-9)15(19)20/h5-8,11H,2-4H2,1H3,(H,14,16)(H,17,18). The predicted octanol–water partition coefficient (Wildman–Crippen LogP) is 1.97. The molecule has 0 aliphatic heterocycles. The monoisotopic (exact) mass is 280 g/mol. The van der Waals surface area contributed by atoms with Gasteiger partial charge in [0.25, 0.3) is 11.6 Å². The minimum Gasteiger partial charge on any atom is -0.480 e. The molecule has 1 atom stereocenters. The Hall–Kier alpha value is -2.44. The molecule has 7 nitrogen and oxygen atoms in total. The van der Waals surface area contributed by atoms with Crippen molar-refractivity contribution in [3.8, 4) is 0 Å². The molecule has 7 heteroatoms. The van der Waals surface area contributed by atoms with Crippen LogP contribution in [-0.4, -0.2) is 27.9 Å². The Kier molecular flexibility index (Phi) is 5.64. The van der Waals surface area contributed by atoms with Crippen LogP contribution in [0, 0.1) is 10.1 Å². The van der Waals surface area contributed by atoms with E-state index in [0.29, 0.717) is 12.8 Å². The van der Waals surface area contributed by atoms with Crippen LogP contribution in [0.2, 0.25) is 0 Å². The van der Waals surface area contributed by atoms with Crippen molar-refractivity contribution in [1.29, 1.82) is 0 Å². The van der Waals surface area contributed by atoms with Gasteiger partial charge in [0.15, 0.2) is 0 Å². The molecule has 0 aliphatic carbocycles. The summed E-state index contributed by atoms with van der Waals surface area (Å²) in [7, 11) is 0. The zero-order chi connectivity index (χ0) is 15.1. The van der Waals surface area contributed by atoms with Gasteiger partial charge in [-0.25, -0.2) is 4.79 Å². The number of aliphatic carboxylic acids is 1. The number of carboxylic acids is 1. The summed E-state index contributed by atoms with van der Waals surface area (Å²) >= 11 is 0. The first-order valence-corrected chi connectivity index (χ1v) is 6.23. The van der Waals surface area contributed by atoms with Gasteiger partial charge in [-0.15, -0.1) is 0 Å². The fourth-order valence-corrected chi connectivity index (χ4v) is 1.64. The summed E-state index contributed by atoms with van der Waals surface area (Å²) in [6, 6.07) is 4.06. The first-order valence-electron chi connectivity index (χ1n) is 6.23. The van der Waals surface area contributed by atoms with Crippen LogP contribution < -0.4 is 5.32 Å². The summed E-state index contributed by atoms with van der Waals surface area (Å²) in [5.74, 6) is -1.64. The van der Waals surface area contributed by atoms with Crippen LogP contribution >= 0.6 is 0 Å². The maximum atomic E-state index is 11.9.